The van der Waals surface area contributed by atoms with Crippen LogP contribution in [-0.4, -0.2) is 57.8 Å². The van der Waals surface area contributed by atoms with Crippen LogP contribution in [0.5, 0.6) is 5.75 Å². The molecule has 12 nitrogen and oxygen atoms in total. The van der Waals surface area contributed by atoms with Crippen molar-refractivity contribution in [3.05, 3.63) is 63.4 Å². The molecule has 2 saturated heterocycles. The first kappa shape index (κ1) is 24.3. The van der Waals surface area contributed by atoms with Crippen LogP contribution in [0, 0.1) is 0 Å². The molecule has 2 aliphatic rings. The van der Waals surface area contributed by atoms with Gasteiger partial charge in [-0.05, 0) is 19.1 Å². The lowest BCUT2D eigenvalue weighted by atomic mass is 9.98. The summed E-state index contributed by atoms with van der Waals surface area (Å²) in [5.74, 6) is -0.461. The van der Waals surface area contributed by atoms with Gasteiger partial charge in [0, 0.05) is 18.7 Å². The van der Waals surface area contributed by atoms with Crippen molar-refractivity contribution < 1.29 is 37.4 Å². The Morgan fingerprint density at radius 2 is 2.03 bits per heavy atom. The van der Waals surface area contributed by atoms with Gasteiger partial charge in [0.2, 0.25) is 0 Å². The van der Waals surface area contributed by atoms with Crippen LogP contribution < -0.4 is 20.9 Å². The van der Waals surface area contributed by atoms with E-state index in [4.69, 9.17) is 18.5 Å². The second kappa shape index (κ2) is 9.43. The van der Waals surface area contributed by atoms with Crippen molar-refractivity contribution in [3.8, 4) is 5.75 Å². The summed E-state index contributed by atoms with van der Waals surface area (Å²) >= 11 is 0. The average Bonchev–Trinajstić information content (AvgIpc) is 3.28. The summed E-state index contributed by atoms with van der Waals surface area (Å²) < 4.78 is 50.9. The number of nitrogens with zero attached hydrogens (tertiary/aromatic N) is 1. The number of carbonyl (C=O) groups excluding carboxylic acids is 1. The van der Waals surface area contributed by atoms with Gasteiger partial charge in [0.25, 0.3) is 5.56 Å². The molecular weight excluding hydrogens is 476 g/mol. The third-order valence-corrected chi connectivity index (χ3v) is 7.02. The normalized spacial score (nSPS) is 30.6. The van der Waals surface area contributed by atoms with Crippen molar-refractivity contribution in [1.82, 2.24) is 14.6 Å². The summed E-state index contributed by atoms with van der Waals surface area (Å²) in [4.78, 5) is 37.3. The van der Waals surface area contributed by atoms with Gasteiger partial charge in [0.1, 0.15) is 24.0 Å². The number of cyclic esters (lactones) is 1. The molecule has 14 heteroatoms. The molecule has 3 N–H and O–H groups in total. The van der Waals surface area contributed by atoms with Crippen LogP contribution in [0.15, 0.2) is 52.2 Å². The van der Waals surface area contributed by atoms with Crippen molar-refractivity contribution in [2.75, 3.05) is 13.2 Å². The Balaban J connectivity index is 1.53. The number of halogens is 1. The van der Waals surface area contributed by atoms with Gasteiger partial charge in [-0.3, -0.25) is 23.7 Å². The molecule has 0 spiro atoms. The highest BCUT2D eigenvalue weighted by atomic mass is 31.2. The third kappa shape index (κ3) is 4.98. The lowest BCUT2D eigenvalue weighted by Crippen LogP contribution is -2.43. The Hall–Kier alpha value is -2.83. The molecule has 2 aromatic rings. The monoisotopic (exact) mass is 499 g/mol. The number of ether oxygens (including phenoxy) is 2. The van der Waals surface area contributed by atoms with Crippen LogP contribution >= 0.6 is 7.75 Å². The average molecular weight is 499 g/mol. The molecule has 3 heterocycles. The minimum absolute atomic E-state index is 0.127. The van der Waals surface area contributed by atoms with Crippen LogP contribution in [-0.2, 0) is 23.4 Å². The molecule has 1 aromatic heterocycles. The van der Waals surface area contributed by atoms with Crippen LogP contribution in [0.25, 0.3) is 0 Å². The molecular formula is C20H23FN3O9P. The summed E-state index contributed by atoms with van der Waals surface area (Å²) in [6, 6.07) is 8.06. The zero-order chi connectivity index (χ0) is 24.5. The number of aliphatic hydroxyl groups excluding tert-OH is 1. The van der Waals surface area contributed by atoms with Crippen molar-refractivity contribution in [2.45, 2.75) is 43.5 Å². The van der Waals surface area contributed by atoms with E-state index < -0.39 is 61.7 Å². The zero-order valence-corrected chi connectivity index (χ0v) is 18.9. The molecule has 0 aliphatic carbocycles. The number of H-pyrrole nitrogens is 1. The molecule has 1 unspecified atom stereocenters. The summed E-state index contributed by atoms with van der Waals surface area (Å²) in [6.07, 6.45) is -3.50. The standard InChI is InChI=1S/C20H23FN3O9P/c1-20(21)16(26)14(32-18(20)24-9-7-15(25)22-19(24)28)11-31-34(29,23-13-8-10-30-17(13)27)33-12-5-3-2-4-6-12/h2-7,9,13-14,16,18,26H,8,10-11H2,1H3,(H,23,29)(H,22,25,28)/t13?,14-,16-,18-,20-,34+/m1/s1. The second-order valence-electron chi connectivity index (χ2n) is 7.98. The third-order valence-electron chi connectivity index (χ3n) is 5.45. The van der Waals surface area contributed by atoms with Crippen molar-refractivity contribution in [3.63, 3.8) is 0 Å². The van der Waals surface area contributed by atoms with E-state index in [-0.39, 0.29) is 18.8 Å². The number of aliphatic hydroxyl groups is 1. The number of hydrogen-bond acceptors (Lipinski definition) is 9. The van der Waals surface area contributed by atoms with E-state index >= 15 is 4.39 Å². The fourth-order valence-electron chi connectivity index (χ4n) is 3.65. The number of aromatic amines is 1. The predicted octanol–water partition coefficient (Wildman–Crippen LogP) is 0.632. The maximum absolute atomic E-state index is 15.4. The minimum Gasteiger partial charge on any atom is -0.464 e. The number of esters is 1. The van der Waals surface area contributed by atoms with E-state index in [1.807, 2.05) is 4.98 Å². The topological polar surface area (TPSA) is 158 Å². The summed E-state index contributed by atoms with van der Waals surface area (Å²) in [5, 5.41) is 13.0. The van der Waals surface area contributed by atoms with E-state index in [1.54, 1.807) is 18.2 Å². The number of carbonyl (C=O) groups is 1. The molecule has 0 saturated carbocycles. The number of para-hydroxylation sites is 1. The first-order valence-corrected chi connectivity index (χ1v) is 11.9. The SMILES string of the molecule is C[C@@]1(F)[C@H](O)[C@@H](CO[P@@](=O)(NC2CCOC2=O)Oc2ccccc2)O[C@H]1n1ccc(=O)[nH]c1=O. The highest BCUT2D eigenvalue weighted by molar-refractivity contribution is 7.52. The van der Waals surface area contributed by atoms with Gasteiger partial charge >= 0.3 is 19.4 Å². The second-order valence-corrected chi connectivity index (χ2v) is 9.67. The Labute approximate surface area is 192 Å². The largest absolute Gasteiger partial charge is 0.464 e. The molecule has 34 heavy (non-hydrogen) atoms. The number of benzene rings is 1. The Morgan fingerprint density at radius 1 is 1.29 bits per heavy atom. The molecule has 1 aromatic carbocycles. The zero-order valence-electron chi connectivity index (χ0n) is 18.0. The summed E-state index contributed by atoms with van der Waals surface area (Å²) in [6.45, 7) is 0.531. The van der Waals surface area contributed by atoms with Crippen LogP contribution in [0.4, 0.5) is 4.39 Å². The molecule has 0 amide bonds. The first-order chi connectivity index (χ1) is 16.1. The smallest absolute Gasteiger partial charge is 0.459 e. The molecule has 4 rings (SSSR count). The number of alkyl halides is 1. The molecule has 2 aliphatic heterocycles. The lowest BCUT2D eigenvalue weighted by Gasteiger charge is -2.25. The van der Waals surface area contributed by atoms with E-state index in [1.165, 1.54) is 12.1 Å². The van der Waals surface area contributed by atoms with Gasteiger partial charge in [-0.1, -0.05) is 18.2 Å². The van der Waals surface area contributed by atoms with E-state index in [2.05, 4.69) is 5.09 Å². The van der Waals surface area contributed by atoms with Crippen LogP contribution in [0.2, 0.25) is 0 Å². The van der Waals surface area contributed by atoms with Gasteiger partial charge in [-0.15, -0.1) is 0 Å². The maximum Gasteiger partial charge on any atom is 0.459 e. The first-order valence-electron chi connectivity index (χ1n) is 10.4. The molecule has 0 radical (unpaired) electrons. The maximum atomic E-state index is 15.4. The summed E-state index contributed by atoms with van der Waals surface area (Å²) in [5.41, 5.74) is -4.09. The molecule has 6 atom stereocenters. The van der Waals surface area contributed by atoms with Gasteiger partial charge in [0.05, 0.1) is 13.2 Å². The van der Waals surface area contributed by atoms with Gasteiger partial charge in [-0.2, -0.15) is 5.09 Å². The fourth-order valence-corrected chi connectivity index (χ4v) is 5.19. The molecule has 2 fully saturated rings. The van der Waals surface area contributed by atoms with Gasteiger partial charge in [0.15, 0.2) is 11.9 Å². The van der Waals surface area contributed by atoms with E-state index in [9.17, 15) is 24.1 Å². The minimum atomic E-state index is -4.24. The molecule has 184 valence electrons. The fraction of sp³-hybridized carbons (Fsp3) is 0.450. The Morgan fingerprint density at radius 3 is 2.68 bits per heavy atom. The predicted molar refractivity (Wildman–Crippen MR) is 114 cm³/mol. The highest BCUT2D eigenvalue weighted by Crippen LogP contribution is 2.47. The van der Waals surface area contributed by atoms with E-state index in [0.29, 0.717) is 0 Å². The van der Waals surface area contributed by atoms with Gasteiger partial charge < -0.3 is 19.1 Å². The van der Waals surface area contributed by atoms with Gasteiger partial charge in [-0.25, -0.2) is 13.8 Å². The number of hydrogen-bond donors (Lipinski definition) is 3. The molecule has 0 bridgehead atoms. The van der Waals surface area contributed by atoms with Crippen molar-refractivity contribution >= 4 is 13.7 Å². The van der Waals surface area contributed by atoms with Crippen molar-refractivity contribution in [2.24, 2.45) is 0 Å². The number of rotatable bonds is 8. The number of nitrogens with one attached hydrogen (secondary N) is 2. The van der Waals surface area contributed by atoms with E-state index in [0.717, 1.165) is 23.8 Å². The summed E-state index contributed by atoms with van der Waals surface area (Å²) in [7, 11) is -4.24. The quantitative estimate of drug-likeness (QED) is 0.348. The number of aromatic nitrogens is 2. The highest BCUT2D eigenvalue weighted by Gasteiger charge is 2.56. The Bertz CT molecular complexity index is 1200. The lowest BCUT2D eigenvalue weighted by molar-refractivity contribution is -0.139. The Kier molecular flexibility index (Phi) is 6.74. The van der Waals surface area contributed by atoms with Crippen LogP contribution in [0.1, 0.15) is 19.6 Å². The van der Waals surface area contributed by atoms with Crippen LogP contribution in [0.3, 0.4) is 0 Å². The van der Waals surface area contributed by atoms with Crippen molar-refractivity contribution in [1.29, 1.82) is 0 Å².